The van der Waals surface area contributed by atoms with Crippen LogP contribution in [-0.4, -0.2) is 25.2 Å². The Labute approximate surface area is 116 Å². The Kier molecular flexibility index (Phi) is 3.80. The molecule has 1 unspecified atom stereocenters. The zero-order chi connectivity index (χ0) is 14.2. The first-order chi connectivity index (χ1) is 9.01. The number of aromatic nitrogens is 4. The Hall–Kier alpha value is -1.56. The van der Waals surface area contributed by atoms with E-state index in [0.717, 1.165) is 29.7 Å². The van der Waals surface area contributed by atoms with Gasteiger partial charge in [-0.15, -0.1) is 11.6 Å². The first-order valence-electron chi connectivity index (χ1n) is 6.29. The number of nitrogens with two attached hydrogens (primary N) is 1. The van der Waals surface area contributed by atoms with Gasteiger partial charge in [-0.05, 0) is 13.3 Å². The van der Waals surface area contributed by atoms with Crippen LogP contribution in [0.5, 0.6) is 0 Å². The molecule has 2 aromatic heterocycles. The molecule has 0 bridgehead atoms. The third-order valence-electron chi connectivity index (χ3n) is 3.21. The summed E-state index contributed by atoms with van der Waals surface area (Å²) in [5, 5.41) is 4.46. The molecule has 2 rings (SSSR count). The van der Waals surface area contributed by atoms with Gasteiger partial charge >= 0.3 is 0 Å². The zero-order valence-corrected chi connectivity index (χ0v) is 12.1. The van der Waals surface area contributed by atoms with Crippen LogP contribution >= 0.6 is 11.6 Å². The molecule has 0 aliphatic carbocycles. The third kappa shape index (κ3) is 2.20. The molecule has 2 aromatic rings. The molecular formula is C12H18ClN5O. The van der Waals surface area contributed by atoms with E-state index >= 15 is 0 Å². The average Bonchev–Trinajstić information content (AvgIpc) is 2.88. The minimum absolute atomic E-state index is 0.234. The van der Waals surface area contributed by atoms with Crippen molar-refractivity contribution in [1.29, 1.82) is 0 Å². The summed E-state index contributed by atoms with van der Waals surface area (Å²) in [5.74, 6) is 0.468. The highest BCUT2D eigenvalue weighted by atomic mass is 35.5. The van der Waals surface area contributed by atoms with Crippen LogP contribution in [0.3, 0.4) is 0 Å². The normalized spacial score (nSPS) is 13.1. The number of carbonyl (C=O) groups is 1. The number of imidazole rings is 1. The molecule has 0 spiro atoms. The standard InChI is InChI=1S/C12H18ClN5O/c1-4-5-8-10-12(17(3)16-8)18(7(2)11(14)19)9(6-13)15-10/h7H,4-6H2,1-3H3,(H2,14,19). The van der Waals surface area contributed by atoms with Gasteiger partial charge in [0, 0.05) is 7.05 Å². The van der Waals surface area contributed by atoms with Gasteiger partial charge < -0.3 is 5.73 Å². The summed E-state index contributed by atoms with van der Waals surface area (Å²) in [6, 6.07) is -0.497. The number of alkyl halides is 1. The van der Waals surface area contributed by atoms with Crippen LogP contribution in [0, 0.1) is 0 Å². The molecule has 1 atom stereocenters. The minimum atomic E-state index is -0.497. The molecule has 0 saturated heterocycles. The van der Waals surface area contributed by atoms with E-state index in [4.69, 9.17) is 17.3 Å². The summed E-state index contributed by atoms with van der Waals surface area (Å²) in [5.41, 5.74) is 7.94. The van der Waals surface area contributed by atoms with Crippen LogP contribution in [0.4, 0.5) is 0 Å². The Balaban J connectivity index is 2.70. The summed E-state index contributed by atoms with van der Waals surface area (Å²) in [4.78, 5) is 16.0. The van der Waals surface area contributed by atoms with Crippen molar-refractivity contribution in [3.05, 3.63) is 11.5 Å². The van der Waals surface area contributed by atoms with Crippen LogP contribution < -0.4 is 5.73 Å². The molecule has 6 nitrogen and oxygen atoms in total. The second kappa shape index (κ2) is 5.21. The maximum absolute atomic E-state index is 11.5. The van der Waals surface area contributed by atoms with Gasteiger partial charge in [-0.25, -0.2) is 4.98 Å². The van der Waals surface area contributed by atoms with E-state index in [1.807, 2.05) is 7.05 Å². The molecular weight excluding hydrogens is 266 g/mol. The fourth-order valence-corrected chi connectivity index (χ4v) is 2.47. The molecule has 19 heavy (non-hydrogen) atoms. The molecule has 104 valence electrons. The first-order valence-corrected chi connectivity index (χ1v) is 6.82. The maximum Gasteiger partial charge on any atom is 0.240 e. The zero-order valence-electron chi connectivity index (χ0n) is 11.4. The Morgan fingerprint density at radius 1 is 1.53 bits per heavy atom. The van der Waals surface area contributed by atoms with Crippen molar-refractivity contribution in [3.8, 4) is 0 Å². The lowest BCUT2D eigenvalue weighted by Crippen LogP contribution is -2.25. The smallest absolute Gasteiger partial charge is 0.240 e. The van der Waals surface area contributed by atoms with Gasteiger partial charge in [-0.2, -0.15) is 5.10 Å². The van der Waals surface area contributed by atoms with Crippen molar-refractivity contribution in [2.24, 2.45) is 12.8 Å². The van der Waals surface area contributed by atoms with Crippen molar-refractivity contribution >= 4 is 28.7 Å². The van der Waals surface area contributed by atoms with Crippen LogP contribution in [0.25, 0.3) is 11.2 Å². The first kappa shape index (κ1) is 13.9. The highest BCUT2D eigenvalue weighted by Crippen LogP contribution is 2.25. The Bertz CT molecular complexity index is 615. The lowest BCUT2D eigenvalue weighted by molar-refractivity contribution is -0.120. The highest BCUT2D eigenvalue weighted by Gasteiger charge is 2.23. The van der Waals surface area contributed by atoms with Crippen molar-refractivity contribution in [3.63, 3.8) is 0 Å². The van der Waals surface area contributed by atoms with Crippen molar-refractivity contribution in [2.45, 2.75) is 38.6 Å². The second-order valence-electron chi connectivity index (χ2n) is 4.60. The van der Waals surface area contributed by atoms with E-state index in [1.54, 1.807) is 16.2 Å². The predicted molar refractivity (Wildman–Crippen MR) is 74.0 cm³/mol. The van der Waals surface area contributed by atoms with E-state index in [1.165, 1.54) is 0 Å². The van der Waals surface area contributed by atoms with E-state index in [0.29, 0.717) is 5.82 Å². The molecule has 2 N–H and O–H groups in total. The van der Waals surface area contributed by atoms with Gasteiger partial charge in [-0.3, -0.25) is 14.0 Å². The van der Waals surface area contributed by atoms with Gasteiger partial charge in [0.15, 0.2) is 5.65 Å². The largest absolute Gasteiger partial charge is 0.368 e. The summed E-state index contributed by atoms with van der Waals surface area (Å²) < 4.78 is 3.51. The fourth-order valence-electron chi connectivity index (χ4n) is 2.28. The number of carbonyl (C=O) groups excluding carboxylic acids is 1. The van der Waals surface area contributed by atoms with E-state index in [9.17, 15) is 4.79 Å². The molecule has 0 aromatic carbocycles. The van der Waals surface area contributed by atoms with E-state index in [2.05, 4.69) is 17.0 Å². The van der Waals surface area contributed by atoms with E-state index in [-0.39, 0.29) is 5.88 Å². The summed E-state index contributed by atoms with van der Waals surface area (Å²) >= 11 is 5.93. The number of fused-ring (bicyclic) bond motifs is 1. The summed E-state index contributed by atoms with van der Waals surface area (Å²) in [6.07, 6.45) is 1.83. The topological polar surface area (TPSA) is 78.7 Å². The molecule has 0 aliphatic heterocycles. The molecule has 0 saturated carbocycles. The molecule has 0 radical (unpaired) electrons. The van der Waals surface area contributed by atoms with Gasteiger partial charge in [0.25, 0.3) is 0 Å². The Morgan fingerprint density at radius 3 is 2.74 bits per heavy atom. The van der Waals surface area contributed by atoms with Gasteiger partial charge in [0.05, 0.1) is 11.6 Å². The maximum atomic E-state index is 11.5. The summed E-state index contributed by atoms with van der Waals surface area (Å²) in [6.45, 7) is 3.83. The van der Waals surface area contributed by atoms with Crippen LogP contribution in [0.1, 0.15) is 37.8 Å². The SMILES string of the molecule is CCCc1nn(C)c2c1nc(CCl)n2C(C)C(N)=O. The predicted octanol–water partition coefficient (Wildman–Crippen LogP) is 1.51. The second-order valence-corrected chi connectivity index (χ2v) is 4.87. The molecule has 1 amide bonds. The number of nitrogens with zero attached hydrogens (tertiary/aromatic N) is 4. The van der Waals surface area contributed by atoms with Crippen molar-refractivity contribution in [1.82, 2.24) is 19.3 Å². The molecule has 2 heterocycles. The number of primary amides is 1. The van der Waals surface area contributed by atoms with E-state index < -0.39 is 11.9 Å². The summed E-state index contributed by atoms with van der Waals surface area (Å²) in [7, 11) is 1.84. The third-order valence-corrected chi connectivity index (χ3v) is 3.45. The highest BCUT2D eigenvalue weighted by molar-refractivity contribution is 6.16. The number of hydrogen-bond acceptors (Lipinski definition) is 3. The number of rotatable bonds is 5. The molecule has 0 aliphatic rings. The molecule has 0 fully saturated rings. The Morgan fingerprint density at radius 2 is 2.21 bits per heavy atom. The van der Waals surface area contributed by atoms with Crippen LogP contribution in [0.15, 0.2) is 0 Å². The number of aryl methyl sites for hydroxylation is 2. The van der Waals surface area contributed by atoms with Gasteiger partial charge in [-0.1, -0.05) is 13.3 Å². The fraction of sp³-hybridized carbons (Fsp3) is 0.583. The van der Waals surface area contributed by atoms with Gasteiger partial charge in [0.2, 0.25) is 5.91 Å². The van der Waals surface area contributed by atoms with Crippen LogP contribution in [-0.2, 0) is 24.1 Å². The van der Waals surface area contributed by atoms with Gasteiger partial charge in [0.1, 0.15) is 17.4 Å². The van der Waals surface area contributed by atoms with Crippen molar-refractivity contribution in [2.75, 3.05) is 0 Å². The monoisotopic (exact) mass is 283 g/mol. The molecule has 7 heteroatoms. The minimum Gasteiger partial charge on any atom is -0.368 e. The average molecular weight is 284 g/mol. The number of amides is 1. The van der Waals surface area contributed by atoms with Crippen LogP contribution in [0.2, 0.25) is 0 Å². The quantitative estimate of drug-likeness (QED) is 0.845. The lowest BCUT2D eigenvalue weighted by atomic mass is 10.2. The number of hydrogen-bond donors (Lipinski definition) is 1. The number of halogens is 1. The lowest BCUT2D eigenvalue weighted by Gasteiger charge is -2.13. The van der Waals surface area contributed by atoms with Crippen molar-refractivity contribution < 1.29 is 4.79 Å².